The molecule has 5 atom stereocenters. The van der Waals surface area contributed by atoms with Crippen LogP contribution < -0.4 is 0 Å². The van der Waals surface area contributed by atoms with Gasteiger partial charge in [0.2, 0.25) is 5.78 Å². The van der Waals surface area contributed by atoms with Crippen molar-refractivity contribution in [3.05, 3.63) is 22.8 Å². The van der Waals surface area contributed by atoms with Gasteiger partial charge in [0, 0.05) is 23.8 Å². The first-order chi connectivity index (χ1) is 15.0. The number of hydrogen-bond acceptors (Lipinski definition) is 8. The molecule has 1 N–H and O–H groups in total. The van der Waals surface area contributed by atoms with Crippen LogP contribution in [0.2, 0.25) is 0 Å². The van der Waals surface area contributed by atoms with Crippen LogP contribution in [0.15, 0.2) is 22.8 Å². The first kappa shape index (κ1) is 23.7. The van der Waals surface area contributed by atoms with Crippen molar-refractivity contribution in [2.45, 2.75) is 91.1 Å². The van der Waals surface area contributed by atoms with Gasteiger partial charge in [-0.2, -0.15) is 0 Å². The van der Waals surface area contributed by atoms with Gasteiger partial charge in [-0.05, 0) is 51.3 Å². The Balaban J connectivity index is 2.13. The summed E-state index contributed by atoms with van der Waals surface area (Å²) in [5, 5.41) is 11.3. The van der Waals surface area contributed by atoms with E-state index >= 15 is 0 Å². The Kier molecular flexibility index (Phi) is 4.70. The highest BCUT2D eigenvalue weighted by Crippen LogP contribution is 2.68. The third-order valence-corrected chi connectivity index (χ3v) is 8.40. The molecule has 3 aliphatic heterocycles. The Labute approximate surface area is 193 Å². The van der Waals surface area contributed by atoms with Crippen LogP contribution in [0.1, 0.15) is 68.2 Å². The lowest BCUT2D eigenvalue weighted by Crippen LogP contribution is -2.74. The summed E-state index contributed by atoms with van der Waals surface area (Å²) in [7, 11) is 0. The second-order valence-corrected chi connectivity index (χ2v) is 11.1. The first-order valence-corrected chi connectivity index (χ1v) is 11.3. The first-order valence-electron chi connectivity index (χ1n) is 11.3. The lowest BCUT2D eigenvalue weighted by atomic mass is 9.46. The van der Waals surface area contributed by atoms with Crippen molar-refractivity contribution in [3.63, 3.8) is 0 Å². The number of fused-ring (bicyclic) bond motifs is 2. The molecule has 4 unspecified atom stereocenters. The molecular formula is C25H32O8. The predicted octanol–water partition coefficient (Wildman–Crippen LogP) is 2.57. The van der Waals surface area contributed by atoms with E-state index < -0.39 is 63.3 Å². The summed E-state index contributed by atoms with van der Waals surface area (Å²) in [5.41, 5.74) is -5.74. The fourth-order valence-corrected chi connectivity index (χ4v) is 6.90. The molecule has 2 bridgehead atoms. The van der Waals surface area contributed by atoms with E-state index in [1.54, 1.807) is 47.6 Å². The number of hydrogen-bond donors (Lipinski definition) is 1. The van der Waals surface area contributed by atoms with Crippen molar-refractivity contribution >= 4 is 23.7 Å². The van der Waals surface area contributed by atoms with Crippen LogP contribution in [-0.4, -0.2) is 51.7 Å². The summed E-state index contributed by atoms with van der Waals surface area (Å²) in [6, 6.07) is 0. The van der Waals surface area contributed by atoms with Crippen molar-refractivity contribution in [1.29, 1.82) is 0 Å². The average Bonchev–Trinajstić information content (AvgIpc) is 2.73. The summed E-state index contributed by atoms with van der Waals surface area (Å²) >= 11 is 0. The van der Waals surface area contributed by atoms with Gasteiger partial charge in [-0.15, -0.1) is 0 Å². The zero-order valence-electron chi connectivity index (χ0n) is 20.5. The summed E-state index contributed by atoms with van der Waals surface area (Å²) in [6.45, 7) is 13.0. The SMILES string of the molecule is CC(=O)OC1(C(C)C)C(=O)C2(C)C=C3C4=C(C(O)CC3(C)[C@]1(C)C(=O)O2)C(C)(C)OC(=O)C4. The van der Waals surface area contributed by atoms with Crippen LogP contribution in [0, 0.1) is 16.7 Å². The van der Waals surface area contributed by atoms with Gasteiger partial charge < -0.3 is 19.3 Å². The van der Waals surface area contributed by atoms with Crippen LogP contribution in [0.5, 0.6) is 0 Å². The van der Waals surface area contributed by atoms with E-state index in [0.29, 0.717) is 16.7 Å². The molecule has 8 nitrogen and oxygen atoms in total. The number of cyclic esters (lactones) is 1. The van der Waals surface area contributed by atoms with Gasteiger partial charge in [0.25, 0.3) is 0 Å². The van der Waals surface area contributed by atoms with Crippen LogP contribution in [0.4, 0.5) is 0 Å². The molecule has 1 fully saturated rings. The fraction of sp³-hybridized carbons (Fsp3) is 0.680. The van der Waals surface area contributed by atoms with Gasteiger partial charge in [-0.1, -0.05) is 20.8 Å². The standard InChI is InChI=1S/C25H32O8/c1-12(2)25(31-13(3)26)19(29)23(7)10-15-14-9-17(28)32-21(4,5)18(14)16(27)11-22(15,6)24(25,8)20(30)33-23/h10,12,16,27H,9,11H2,1-8H3/t16?,22?,23?,24-,25?/m0/s1. The van der Waals surface area contributed by atoms with Gasteiger partial charge in [-0.3, -0.25) is 19.2 Å². The Morgan fingerprint density at radius 3 is 2.27 bits per heavy atom. The number of aliphatic hydroxyl groups excluding tert-OH is 1. The largest absolute Gasteiger partial charge is 0.455 e. The summed E-state index contributed by atoms with van der Waals surface area (Å²) < 4.78 is 17.1. The summed E-state index contributed by atoms with van der Waals surface area (Å²) in [5.74, 6) is -2.93. The monoisotopic (exact) mass is 460 g/mol. The summed E-state index contributed by atoms with van der Waals surface area (Å²) in [6.07, 6.45) is 0.511. The highest BCUT2D eigenvalue weighted by molar-refractivity contribution is 6.08. The molecule has 5 rings (SSSR count). The smallest absolute Gasteiger partial charge is 0.318 e. The minimum absolute atomic E-state index is 0.0589. The molecule has 5 aliphatic rings. The maximum Gasteiger partial charge on any atom is 0.318 e. The molecule has 0 radical (unpaired) electrons. The molecule has 3 heterocycles. The van der Waals surface area contributed by atoms with Gasteiger partial charge >= 0.3 is 17.9 Å². The molecule has 8 heteroatoms. The molecule has 0 aromatic carbocycles. The highest BCUT2D eigenvalue weighted by atomic mass is 16.6. The van der Waals surface area contributed by atoms with E-state index in [0.717, 1.165) is 0 Å². The van der Waals surface area contributed by atoms with E-state index in [1.807, 2.05) is 0 Å². The third kappa shape index (κ3) is 2.61. The zero-order chi connectivity index (χ0) is 24.9. The number of rotatable bonds is 2. The lowest BCUT2D eigenvalue weighted by Gasteiger charge is -2.59. The van der Waals surface area contributed by atoms with Gasteiger partial charge in [0.05, 0.1) is 12.5 Å². The maximum atomic E-state index is 14.1. The highest BCUT2D eigenvalue weighted by Gasteiger charge is 2.79. The number of aliphatic hydroxyl groups is 1. The molecule has 33 heavy (non-hydrogen) atoms. The molecule has 0 aromatic heterocycles. The summed E-state index contributed by atoms with van der Waals surface area (Å²) in [4.78, 5) is 52.8. The van der Waals surface area contributed by atoms with E-state index in [9.17, 15) is 24.3 Å². The number of esters is 3. The molecule has 0 aromatic rings. The molecule has 0 amide bonds. The van der Waals surface area contributed by atoms with E-state index in [4.69, 9.17) is 14.2 Å². The van der Waals surface area contributed by atoms with E-state index in [-0.39, 0.29) is 12.8 Å². The minimum atomic E-state index is -1.83. The van der Waals surface area contributed by atoms with Crippen LogP contribution in [-0.2, 0) is 33.4 Å². The van der Waals surface area contributed by atoms with Crippen molar-refractivity contribution in [2.24, 2.45) is 16.7 Å². The quantitative estimate of drug-likeness (QED) is 0.494. The Bertz CT molecular complexity index is 1060. The average molecular weight is 461 g/mol. The lowest BCUT2D eigenvalue weighted by molar-refractivity contribution is -0.239. The minimum Gasteiger partial charge on any atom is -0.455 e. The number of ether oxygens (including phenoxy) is 3. The Hall–Kier alpha value is -2.48. The number of allylic oxidation sites excluding steroid dienone is 1. The molecule has 0 spiro atoms. The van der Waals surface area contributed by atoms with Crippen molar-refractivity contribution < 1.29 is 38.5 Å². The molecule has 2 aliphatic carbocycles. The molecular weight excluding hydrogens is 428 g/mol. The van der Waals surface area contributed by atoms with E-state index in [1.165, 1.54) is 13.8 Å². The van der Waals surface area contributed by atoms with Crippen LogP contribution >= 0.6 is 0 Å². The van der Waals surface area contributed by atoms with Crippen LogP contribution in [0.3, 0.4) is 0 Å². The van der Waals surface area contributed by atoms with Gasteiger partial charge in [0.1, 0.15) is 11.0 Å². The van der Waals surface area contributed by atoms with Gasteiger partial charge in [0.15, 0.2) is 11.2 Å². The Morgan fingerprint density at radius 1 is 1.12 bits per heavy atom. The Morgan fingerprint density at radius 2 is 1.73 bits per heavy atom. The zero-order valence-corrected chi connectivity index (χ0v) is 20.5. The third-order valence-electron chi connectivity index (χ3n) is 8.40. The number of carbonyl (C=O) groups excluding carboxylic acids is 4. The van der Waals surface area contributed by atoms with Crippen molar-refractivity contribution in [3.8, 4) is 0 Å². The predicted molar refractivity (Wildman–Crippen MR) is 116 cm³/mol. The van der Waals surface area contributed by atoms with E-state index in [2.05, 4.69) is 0 Å². The van der Waals surface area contributed by atoms with Gasteiger partial charge in [-0.25, -0.2) is 0 Å². The second-order valence-electron chi connectivity index (χ2n) is 11.1. The van der Waals surface area contributed by atoms with Crippen molar-refractivity contribution in [1.82, 2.24) is 0 Å². The normalized spacial score (nSPS) is 41.6. The molecule has 0 saturated carbocycles. The molecule has 180 valence electrons. The van der Waals surface area contributed by atoms with Crippen LogP contribution in [0.25, 0.3) is 0 Å². The topological polar surface area (TPSA) is 116 Å². The fourth-order valence-electron chi connectivity index (χ4n) is 6.90. The number of ketones is 1. The molecule has 1 saturated heterocycles. The van der Waals surface area contributed by atoms with Crippen molar-refractivity contribution in [2.75, 3.05) is 0 Å². The maximum absolute atomic E-state index is 14.1. The second kappa shape index (κ2) is 6.56. The number of Topliss-reactive ketones (excluding diaryl/α,β-unsaturated/α-hetero) is 1. The number of carbonyl (C=O) groups is 4.